The highest BCUT2D eigenvalue weighted by molar-refractivity contribution is 7.90. The molecule has 0 fully saturated rings. The quantitative estimate of drug-likeness (QED) is 0.393. The van der Waals surface area contributed by atoms with Crippen molar-refractivity contribution in [3.8, 4) is 5.75 Å². The smallest absolute Gasteiger partial charge is 0.387 e. The standard InChI is InChI=1S/C25H26F3N3O4S2/c1-14(2)23-22-20(13-31(23)12-16-6-7-17(11-19(16)26)35-24(27)28)36-25(30-22)29-21(32)10-15-4-8-18(9-5-15)37(3,33)34/h4-9,11,14,23-24H,10,12-13H2,1-3H3,(H,29,30,32). The van der Waals surface area contributed by atoms with E-state index in [4.69, 9.17) is 0 Å². The first-order chi connectivity index (χ1) is 17.4. The van der Waals surface area contributed by atoms with Gasteiger partial charge in [-0.25, -0.2) is 17.8 Å². The molecule has 1 unspecified atom stereocenters. The molecule has 0 saturated carbocycles. The van der Waals surface area contributed by atoms with Gasteiger partial charge in [0.15, 0.2) is 15.0 Å². The van der Waals surface area contributed by atoms with E-state index >= 15 is 0 Å². The summed E-state index contributed by atoms with van der Waals surface area (Å²) in [4.78, 5) is 20.4. The maximum absolute atomic E-state index is 14.6. The fourth-order valence-corrected chi connectivity index (χ4v) is 6.04. The molecule has 2 heterocycles. The van der Waals surface area contributed by atoms with Crippen molar-refractivity contribution in [1.29, 1.82) is 0 Å². The van der Waals surface area contributed by atoms with Crippen LogP contribution in [-0.2, 0) is 34.1 Å². The van der Waals surface area contributed by atoms with Crippen molar-refractivity contribution < 1.29 is 31.1 Å². The number of thiazole rings is 1. The van der Waals surface area contributed by atoms with Crippen LogP contribution in [-0.4, -0.2) is 37.1 Å². The first kappa shape index (κ1) is 27.1. The van der Waals surface area contributed by atoms with Crippen LogP contribution in [0.1, 0.15) is 41.6 Å². The molecule has 1 amide bonds. The number of fused-ring (bicyclic) bond motifs is 1. The lowest BCUT2D eigenvalue weighted by molar-refractivity contribution is -0.115. The van der Waals surface area contributed by atoms with Crippen molar-refractivity contribution in [2.24, 2.45) is 5.92 Å². The van der Waals surface area contributed by atoms with Crippen LogP contribution in [0, 0.1) is 11.7 Å². The van der Waals surface area contributed by atoms with E-state index in [0.717, 1.165) is 22.9 Å². The van der Waals surface area contributed by atoms with Gasteiger partial charge in [0, 0.05) is 35.9 Å². The third-order valence-electron chi connectivity index (χ3n) is 5.96. The van der Waals surface area contributed by atoms with Gasteiger partial charge >= 0.3 is 6.61 Å². The lowest BCUT2D eigenvalue weighted by Crippen LogP contribution is -2.26. The number of sulfone groups is 1. The maximum Gasteiger partial charge on any atom is 0.387 e. The average Bonchev–Trinajstić information content (AvgIpc) is 3.31. The molecular weight excluding hydrogens is 527 g/mol. The summed E-state index contributed by atoms with van der Waals surface area (Å²) in [6.45, 7) is 1.80. The van der Waals surface area contributed by atoms with Gasteiger partial charge in [-0.2, -0.15) is 8.78 Å². The lowest BCUT2D eigenvalue weighted by atomic mass is 10.0. The van der Waals surface area contributed by atoms with Crippen molar-refractivity contribution in [1.82, 2.24) is 9.88 Å². The van der Waals surface area contributed by atoms with Gasteiger partial charge in [0.1, 0.15) is 11.6 Å². The number of nitrogens with zero attached hydrogens (tertiary/aromatic N) is 2. The van der Waals surface area contributed by atoms with E-state index in [-0.39, 0.29) is 41.5 Å². The second-order valence-corrected chi connectivity index (χ2v) is 12.3. The molecule has 0 aliphatic carbocycles. The zero-order valence-electron chi connectivity index (χ0n) is 20.4. The number of rotatable bonds is 9. The molecule has 37 heavy (non-hydrogen) atoms. The van der Waals surface area contributed by atoms with E-state index in [0.29, 0.717) is 22.8 Å². The predicted molar refractivity (Wildman–Crippen MR) is 134 cm³/mol. The Morgan fingerprint density at radius 3 is 2.51 bits per heavy atom. The number of amides is 1. The highest BCUT2D eigenvalue weighted by Gasteiger charge is 2.36. The van der Waals surface area contributed by atoms with Crippen LogP contribution in [0.3, 0.4) is 0 Å². The van der Waals surface area contributed by atoms with Gasteiger partial charge in [-0.1, -0.05) is 32.0 Å². The number of alkyl halides is 2. The molecule has 198 valence electrons. The van der Waals surface area contributed by atoms with Gasteiger partial charge in [-0.15, -0.1) is 11.3 Å². The van der Waals surface area contributed by atoms with Crippen molar-refractivity contribution in [3.63, 3.8) is 0 Å². The van der Waals surface area contributed by atoms with Crippen LogP contribution in [0.25, 0.3) is 0 Å². The van der Waals surface area contributed by atoms with E-state index in [1.165, 1.54) is 35.6 Å². The second-order valence-electron chi connectivity index (χ2n) is 9.19. The van der Waals surface area contributed by atoms with Crippen LogP contribution in [0.5, 0.6) is 5.75 Å². The Labute approximate surface area is 217 Å². The van der Waals surface area contributed by atoms with Gasteiger partial charge in [0.25, 0.3) is 0 Å². The lowest BCUT2D eigenvalue weighted by Gasteiger charge is -2.27. The summed E-state index contributed by atoms with van der Waals surface area (Å²) in [5, 5.41) is 3.28. The van der Waals surface area contributed by atoms with Gasteiger partial charge in [0.2, 0.25) is 5.91 Å². The third kappa shape index (κ3) is 6.49. The van der Waals surface area contributed by atoms with E-state index in [1.54, 1.807) is 12.1 Å². The second kappa shape index (κ2) is 10.8. The van der Waals surface area contributed by atoms with Crippen LogP contribution in [0.4, 0.5) is 18.3 Å². The molecule has 0 radical (unpaired) electrons. The summed E-state index contributed by atoms with van der Waals surface area (Å²) < 4.78 is 66.8. The monoisotopic (exact) mass is 553 g/mol. The molecular formula is C25H26F3N3O4S2. The molecule has 4 rings (SSSR count). The highest BCUT2D eigenvalue weighted by atomic mass is 32.2. The molecule has 1 atom stereocenters. The summed E-state index contributed by atoms with van der Waals surface area (Å²) in [5.74, 6) is -0.984. The number of anilines is 1. The summed E-state index contributed by atoms with van der Waals surface area (Å²) in [6, 6.07) is 9.76. The highest BCUT2D eigenvalue weighted by Crippen LogP contribution is 2.43. The van der Waals surface area contributed by atoms with Crippen molar-refractivity contribution in [2.75, 3.05) is 11.6 Å². The molecule has 1 aromatic heterocycles. The SMILES string of the molecule is CC(C)C1c2nc(NC(=O)Cc3ccc(S(C)(=O)=O)cc3)sc2CN1Cc1ccc(OC(F)F)cc1F. The van der Waals surface area contributed by atoms with Gasteiger partial charge in [0.05, 0.1) is 23.1 Å². The molecule has 1 aliphatic rings. The number of halogens is 3. The number of hydrogen-bond acceptors (Lipinski definition) is 7. The summed E-state index contributed by atoms with van der Waals surface area (Å²) in [7, 11) is -3.31. The molecule has 1 N–H and O–H groups in total. The molecule has 0 spiro atoms. The number of aromatic nitrogens is 1. The normalized spacial score (nSPS) is 15.8. The number of carbonyl (C=O) groups excluding carboxylic acids is 1. The molecule has 12 heteroatoms. The minimum absolute atomic E-state index is 0.0680. The summed E-state index contributed by atoms with van der Waals surface area (Å²) in [6.07, 6.45) is 1.19. The number of benzene rings is 2. The van der Waals surface area contributed by atoms with Crippen molar-refractivity contribution in [3.05, 3.63) is 70.0 Å². The van der Waals surface area contributed by atoms with Crippen LogP contribution in [0.15, 0.2) is 47.4 Å². The third-order valence-corrected chi connectivity index (χ3v) is 8.06. The first-order valence-electron chi connectivity index (χ1n) is 11.5. The minimum atomic E-state index is -3.31. The van der Waals surface area contributed by atoms with Crippen LogP contribution < -0.4 is 10.1 Å². The van der Waals surface area contributed by atoms with E-state index in [1.807, 2.05) is 13.8 Å². The van der Waals surface area contributed by atoms with Gasteiger partial charge in [-0.3, -0.25) is 9.69 Å². The van der Waals surface area contributed by atoms with Gasteiger partial charge < -0.3 is 10.1 Å². The Balaban J connectivity index is 1.42. The molecule has 1 aliphatic heterocycles. The van der Waals surface area contributed by atoms with E-state index in [2.05, 4.69) is 19.9 Å². The molecule has 3 aromatic rings. The Kier molecular flexibility index (Phi) is 7.91. The zero-order chi connectivity index (χ0) is 26.9. The summed E-state index contributed by atoms with van der Waals surface area (Å²) in [5.41, 5.74) is 1.86. The average molecular weight is 554 g/mol. The fraction of sp³-hybridized carbons (Fsp3) is 0.360. The first-order valence-corrected chi connectivity index (χ1v) is 14.2. The fourth-order valence-electron chi connectivity index (χ4n) is 4.36. The number of nitrogens with one attached hydrogen (secondary N) is 1. The molecule has 0 saturated heterocycles. The predicted octanol–water partition coefficient (Wildman–Crippen LogP) is 5.18. The van der Waals surface area contributed by atoms with Gasteiger partial charge in [-0.05, 0) is 29.7 Å². The Morgan fingerprint density at radius 2 is 1.92 bits per heavy atom. The topological polar surface area (TPSA) is 88.6 Å². The Bertz CT molecular complexity index is 1390. The number of hydrogen-bond donors (Lipinski definition) is 1. The maximum atomic E-state index is 14.6. The minimum Gasteiger partial charge on any atom is -0.435 e. The number of ether oxygens (including phenoxy) is 1. The zero-order valence-corrected chi connectivity index (χ0v) is 22.0. The molecule has 7 nitrogen and oxygen atoms in total. The molecule has 2 aromatic carbocycles. The van der Waals surface area contributed by atoms with E-state index < -0.39 is 22.3 Å². The van der Waals surface area contributed by atoms with E-state index in [9.17, 15) is 26.4 Å². The number of carbonyl (C=O) groups is 1. The van der Waals surface area contributed by atoms with Crippen LogP contribution in [0.2, 0.25) is 0 Å². The Hall–Kier alpha value is -2.96. The molecule has 0 bridgehead atoms. The Morgan fingerprint density at radius 1 is 1.22 bits per heavy atom. The van der Waals surface area contributed by atoms with Crippen molar-refractivity contribution in [2.45, 2.75) is 50.9 Å². The largest absolute Gasteiger partial charge is 0.435 e. The summed E-state index contributed by atoms with van der Waals surface area (Å²) >= 11 is 1.35. The van der Waals surface area contributed by atoms with Crippen molar-refractivity contribution >= 4 is 32.2 Å². The van der Waals surface area contributed by atoms with Crippen LogP contribution >= 0.6 is 11.3 Å².